The highest BCUT2D eigenvalue weighted by molar-refractivity contribution is 5.73. The summed E-state index contributed by atoms with van der Waals surface area (Å²) in [5, 5.41) is 0. The fraction of sp³-hybridized carbons (Fsp3) is 0.455. The predicted octanol–water partition coefficient (Wildman–Crippen LogP) is 1.76. The van der Waals surface area contributed by atoms with E-state index in [-0.39, 0.29) is 5.91 Å². The second-order valence-corrected chi connectivity index (χ2v) is 3.34. The molecule has 76 valence electrons. The van der Waals surface area contributed by atoms with Crippen LogP contribution in [0.1, 0.15) is 25.1 Å². The average molecular weight is 192 g/mol. The molecule has 0 N–H and O–H groups in total. The molecule has 0 atom stereocenters. The van der Waals surface area contributed by atoms with Gasteiger partial charge in [0.2, 0.25) is 5.91 Å². The van der Waals surface area contributed by atoms with Crippen LogP contribution in [0.4, 0.5) is 0 Å². The summed E-state index contributed by atoms with van der Waals surface area (Å²) in [6.45, 7) is 6.91. The van der Waals surface area contributed by atoms with Crippen LogP contribution in [0.5, 0.6) is 0 Å². The van der Waals surface area contributed by atoms with Crippen LogP contribution in [0.15, 0.2) is 18.3 Å². The van der Waals surface area contributed by atoms with E-state index in [0.29, 0.717) is 6.54 Å². The van der Waals surface area contributed by atoms with Gasteiger partial charge in [-0.1, -0.05) is 6.07 Å². The summed E-state index contributed by atoms with van der Waals surface area (Å²) in [4.78, 5) is 17.1. The van der Waals surface area contributed by atoms with E-state index in [1.165, 1.54) is 0 Å². The Morgan fingerprint density at radius 3 is 2.64 bits per heavy atom. The highest BCUT2D eigenvalue weighted by Crippen LogP contribution is 2.04. The Morgan fingerprint density at radius 2 is 2.21 bits per heavy atom. The van der Waals surface area contributed by atoms with Gasteiger partial charge in [0.25, 0.3) is 0 Å². The molecule has 1 amide bonds. The molecule has 1 aromatic heterocycles. The van der Waals surface area contributed by atoms with Gasteiger partial charge >= 0.3 is 0 Å². The molecule has 1 aromatic rings. The summed E-state index contributed by atoms with van der Waals surface area (Å²) >= 11 is 0. The molecule has 3 nitrogen and oxygen atoms in total. The van der Waals surface area contributed by atoms with Crippen molar-refractivity contribution in [3.8, 4) is 0 Å². The van der Waals surface area contributed by atoms with E-state index in [2.05, 4.69) is 4.98 Å². The summed E-state index contributed by atoms with van der Waals surface area (Å²) in [5.74, 6) is 0.105. The molecule has 0 saturated heterocycles. The third-order valence-electron chi connectivity index (χ3n) is 2.17. The second-order valence-electron chi connectivity index (χ2n) is 3.34. The van der Waals surface area contributed by atoms with Gasteiger partial charge in [-0.2, -0.15) is 0 Å². The minimum absolute atomic E-state index is 0.105. The number of amides is 1. The highest BCUT2D eigenvalue weighted by atomic mass is 16.2. The summed E-state index contributed by atoms with van der Waals surface area (Å²) in [5.41, 5.74) is 2.08. The third kappa shape index (κ3) is 2.83. The number of carbonyl (C=O) groups is 1. The van der Waals surface area contributed by atoms with Crippen molar-refractivity contribution in [3.05, 3.63) is 29.6 Å². The lowest BCUT2D eigenvalue weighted by molar-refractivity contribution is -0.129. The topological polar surface area (TPSA) is 33.2 Å². The molecule has 0 saturated carbocycles. The number of nitrogens with zero attached hydrogens (tertiary/aromatic N) is 2. The van der Waals surface area contributed by atoms with E-state index in [1.54, 1.807) is 11.8 Å². The Kier molecular flexibility index (Phi) is 3.63. The monoisotopic (exact) mass is 192 g/mol. The van der Waals surface area contributed by atoms with Gasteiger partial charge in [0.05, 0.1) is 0 Å². The van der Waals surface area contributed by atoms with E-state index in [1.807, 2.05) is 32.2 Å². The van der Waals surface area contributed by atoms with Crippen LogP contribution in [-0.2, 0) is 11.3 Å². The maximum atomic E-state index is 11.2. The van der Waals surface area contributed by atoms with Crippen LogP contribution in [-0.4, -0.2) is 22.3 Å². The first-order valence-electron chi connectivity index (χ1n) is 4.80. The Labute approximate surface area is 84.8 Å². The number of pyridine rings is 1. The molecule has 0 unspecified atom stereocenters. The molecule has 0 aliphatic rings. The van der Waals surface area contributed by atoms with Crippen LogP contribution < -0.4 is 0 Å². The first-order chi connectivity index (χ1) is 6.63. The third-order valence-corrected chi connectivity index (χ3v) is 2.17. The first kappa shape index (κ1) is 10.7. The molecule has 0 aromatic carbocycles. The number of hydrogen-bond acceptors (Lipinski definition) is 2. The molecule has 0 aliphatic carbocycles. The van der Waals surface area contributed by atoms with Crippen LogP contribution in [0.25, 0.3) is 0 Å². The van der Waals surface area contributed by atoms with E-state index in [9.17, 15) is 4.79 Å². The van der Waals surface area contributed by atoms with Crippen molar-refractivity contribution in [1.29, 1.82) is 0 Å². The predicted molar refractivity (Wildman–Crippen MR) is 55.7 cm³/mol. The maximum absolute atomic E-state index is 11.2. The zero-order valence-electron chi connectivity index (χ0n) is 8.95. The standard InChI is InChI=1S/C11H16N2O/c1-4-13(10(3)14)8-11-6-5-9(2)12-7-11/h5-7H,4,8H2,1-3H3. The fourth-order valence-corrected chi connectivity index (χ4v) is 1.26. The van der Waals surface area contributed by atoms with Crippen molar-refractivity contribution in [2.45, 2.75) is 27.3 Å². The molecule has 0 bridgehead atoms. The zero-order valence-corrected chi connectivity index (χ0v) is 8.95. The van der Waals surface area contributed by atoms with Crippen molar-refractivity contribution in [2.24, 2.45) is 0 Å². The van der Waals surface area contributed by atoms with Gasteiger partial charge in [0.15, 0.2) is 0 Å². The van der Waals surface area contributed by atoms with Crippen molar-refractivity contribution < 1.29 is 4.79 Å². The summed E-state index contributed by atoms with van der Waals surface area (Å²) < 4.78 is 0. The van der Waals surface area contributed by atoms with E-state index >= 15 is 0 Å². The normalized spacial score (nSPS) is 9.93. The molecule has 0 radical (unpaired) electrons. The molecule has 1 heterocycles. The van der Waals surface area contributed by atoms with Crippen molar-refractivity contribution >= 4 is 5.91 Å². The Balaban J connectivity index is 2.67. The first-order valence-corrected chi connectivity index (χ1v) is 4.80. The molecule has 0 spiro atoms. The van der Waals surface area contributed by atoms with Crippen LogP contribution in [0, 0.1) is 6.92 Å². The van der Waals surface area contributed by atoms with Crippen molar-refractivity contribution in [3.63, 3.8) is 0 Å². The smallest absolute Gasteiger partial charge is 0.219 e. The molecule has 0 fully saturated rings. The Bertz CT molecular complexity index is 306. The Hall–Kier alpha value is -1.38. The van der Waals surface area contributed by atoms with Gasteiger partial charge in [-0.25, -0.2) is 0 Å². The van der Waals surface area contributed by atoms with Crippen molar-refractivity contribution in [1.82, 2.24) is 9.88 Å². The summed E-state index contributed by atoms with van der Waals surface area (Å²) in [6, 6.07) is 3.97. The molecule has 3 heteroatoms. The number of carbonyl (C=O) groups excluding carboxylic acids is 1. The number of rotatable bonds is 3. The summed E-state index contributed by atoms with van der Waals surface area (Å²) in [6.07, 6.45) is 1.82. The SMILES string of the molecule is CCN(Cc1ccc(C)nc1)C(C)=O. The van der Waals surface area contributed by atoms with Crippen molar-refractivity contribution in [2.75, 3.05) is 6.54 Å². The molecular weight excluding hydrogens is 176 g/mol. The number of hydrogen-bond donors (Lipinski definition) is 0. The molecular formula is C11H16N2O. The second kappa shape index (κ2) is 4.74. The number of aryl methyl sites for hydroxylation is 1. The van der Waals surface area contributed by atoms with Gasteiger partial charge in [-0.3, -0.25) is 9.78 Å². The fourth-order valence-electron chi connectivity index (χ4n) is 1.26. The van der Waals surface area contributed by atoms with Gasteiger partial charge in [0.1, 0.15) is 0 Å². The lowest BCUT2D eigenvalue weighted by Gasteiger charge is -2.18. The quantitative estimate of drug-likeness (QED) is 0.731. The minimum atomic E-state index is 0.105. The largest absolute Gasteiger partial charge is 0.339 e. The van der Waals surface area contributed by atoms with E-state index < -0.39 is 0 Å². The highest BCUT2D eigenvalue weighted by Gasteiger charge is 2.06. The summed E-state index contributed by atoms with van der Waals surface area (Å²) in [7, 11) is 0. The molecule has 14 heavy (non-hydrogen) atoms. The average Bonchev–Trinajstić information content (AvgIpc) is 2.16. The zero-order chi connectivity index (χ0) is 10.6. The van der Waals surface area contributed by atoms with Gasteiger partial charge < -0.3 is 4.90 Å². The van der Waals surface area contributed by atoms with Crippen LogP contribution >= 0.6 is 0 Å². The minimum Gasteiger partial charge on any atom is -0.339 e. The van der Waals surface area contributed by atoms with Gasteiger partial charge in [0, 0.05) is 31.9 Å². The molecule has 1 rings (SSSR count). The lowest BCUT2D eigenvalue weighted by Crippen LogP contribution is -2.27. The van der Waals surface area contributed by atoms with E-state index in [0.717, 1.165) is 17.8 Å². The van der Waals surface area contributed by atoms with Crippen LogP contribution in [0.3, 0.4) is 0 Å². The van der Waals surface area contributed by atoms with E-state index in [4.69, 9.17) is 0 Å². The Morgan fingerprint density at radius 1 is 1.50 bits per heavy atom. The lowest BCUT2D eigenvalue weighted by atomic mass is 10.2. The van der Waals surface area contributed by atoms with Gasteiger partial charge in [-0.15, -0.1) is 0 Å². The van der Waals surface area contributed by atoms with Crippen LogP contribution in [0.2, 0.25) is 0 Å². The number of aromatic nitrogens is 1. The maximum Gasteiger partial charge on any atom is 0.219 e. The van der Waals surface area contributed by atoms with Gasteiger partial charge in [-0.05, 0) is 25.5 Å². The molecule has 0 aliphatic heterocycles.